The van der Waals surface area contributed by atoms with Crippen LogP contribution in [0, 0.1) is 5.92 Å². The van der Waals surface area contributed by atoms with Crippen LogP contribution in [0.1, 0.15) is 24.2 Å². The zero-order chi connectivity index (χ0) is 15.3. The van der Waals surface area contributed by atoms with Gasteiger partial charge in [-0.1, -0.05) is 19.9 Å². The van der Waals surface area contributed by atoms with Crippen LogP contribution in [0.3, 0.4) is 0 Å². The molecule has 1 aromatic rings. The summed E-state index contributed by atoms with van der Waals surface area (Å²) in [6.07, 6.45) is 1.44. The van der Waals surface area contributed by atoms with E-state index in [1.807, 2.05) is 0 Å². The van der Waals surface area contributed by atoms with Gasteiger partial charge in [0.1, 0.15) is 10.6 Å². The first-order valence-electron chi connectivity index (χ1n) is 6.16. The molecule has 0 heterocycles. The molecule has 0 radical (unpaired) electrons. The molecule has 0 saturated carbocycles. The Bertz CT molecular complexity index is 606. The zero-order valence-corrected chi connectivity index (χ0v) is 12.7. The fourth-order valence-electron chi connectivity index (χ4n) is 1.62. The first-order chi connectivity index (χ1) is 9.33. The summed E-state index contributed by atoms with van der Waals surface area (Å²) < 4.78 is 31.7. The number of ether oxygens (including phenoxy) is 1. The molecule has 1 rings (SSSR count). The molecule has 0 bridgehead atoms. The minimum Gasteiger partial charge on any atom is -0.495 e. The third kappa shape index (κ3) is 3.68. The standard InChI is InChI=1S/C14H19NO4S/c1-5-8-15-20(17,18)13-9-11(14(16)10(2)3)6-7-12(13)19-4/h5-7,9-10,15H,1,8H2,2-4H3. The first-order valence-corrected chi connectivity index (χ1v) is 7.64. The Kier molecular flexibility index (Phi) is 5.47. The highest BCUT2D eigenvalue weighted by Gasteiger charge is 2.21. The van der Waals surface area contributed by atoms with Crippen molar-refractivity contribution in [2.45, 2.75) is 18.7 Å². The normalized spacial score (nSPS) is 11.4. The summed E-state index contributed by atoms with van der Waals surface area (Å²) in [5.74, 6) is -0.130. The lowest BCUT2D eigenvalue weighted by Crippen LogP contribution is -2.24. The van der Waals surface area contributed by atoms with Crippen molar-refractivity contribution < 1.29 is 17.9 Å². The maximum absolute atomic E-state index is 12.2. The van der Waals surface area contributed by atoms with E-state index in [-0.39, 0.29) is 28.9 Å². The van der Waals surface area contributed by atoms with Gasteiger partial charge in [0.05, 0.1) is 7.11 Å². The largest absolute Gasteiger partial charge is 0.495 e. The van der Waals surface area contributed by atoms with Crippen LogP contribution < -0.4 is 9.46 Å². The molecule has 0 spiro atoms. The van der Waals surface area contributed by atoms with Crippen molar-refractivity contribution in [2.24, 2.45) is 5.92 Å². The lowest BCUT2D eigenvalue weighted by Gasteiger charge is -2.12. The van der Waals surface area contributed by atoms with Crippen LogP contribution in [0.15, 0.2) is 35.7 Å². The second-order valence-electron chi connectivity index (χ2n) is 4.53. The third-order valence-corrected chi connectivity index (χ3v) is 4.12. The predicted octanol–water partition coefficient (Wildman–Crippen LogP) is 2.00. The summed E-state index contributed by atoms with van der Waals surface area (Å²) in [4.78, 5) is 11.9. The van der Waals surface area contributed by atoms with Gasteiger partial charge in [-0.25, -0.2) is 13.1 Å². The lowest BCUT2D eigenvalue weighted by atomic mass is 10.0. The van der Waals surface area contributed by atoms with Crippen LogP contribution in [-0.2, 0) is 10.0 Å². The van der Waals surface area contributed by atoms with Gasteiger partial charge in [-0.05, 0) is 18.2 Å². The first kappa shape index (κ1) is 16.4. The Labute approximate surface area is 119 Å². The minimum atomic E-state index is -3.75. The molecule has 0 aliphatic heterocycles. The predicted molar refractivity (Wildman–Crippen MR) is 77.5 cm³/mol. The molecular formula is C14H19NO4S. The number of methoxy groups -OCH3 is 1. The number of sulfonamides is 1. The van der Waals surface area contributed by atoms with Gasteiger partial charge in [0.15, 0.2) is 5.78 Å². The van der Waals surface area contributed by atoms with Gasteiger partial charge in [0.25, 0.3) is 0 Å². The molecule has 20 heavy (non-hydrogen) atoms. The van der Waals surface area contributed by atoms with E-state index < -0.39 is 10.0 Å². The number of benzene rings is 1. The van der Waals surface area contributed by atoms with Gasteiger partial charge < -0.3 is 4.74 Å². The topological polar surface area (TPSA) is 72.5 Å². The number of Topliss-reactive ketones (excluding diaryl/α,β-unsaturated/α-hetero) is 1. The highest BCUT2D eigenvalue weighted by molar-refractivity contribution is 7.89. The number of carbonyl (C=O) groups excluding carboxylic acids is 1. The molecule has 1 aromatic carbocycles. The van der Waals surface area contributed by atoms with Gasteiger partial charge >= 0.3 is 0 Å². The number of ketones is 1. The fraction of sp³-hybridized carbons (Fsp3) is 0.357. The van der Waals surface area contributed by atoms with Crippen molar-refractivity contribution >= 4 is 15.8 Å². The smallest absolute Gasteiger partial charge is 0.244 e. The zero-order valence-electron chi connectivity index (χ0n) is 11.8. The molecule has 0 unspecified atom stereocenters. The van der Waals surface area contributed by atoms with Crippen molar-refractivity contribution in [3.63, 3.8) is 0 Å². The van der Waals surface area contributed by atoms with E-state index in [1.54, 1.807) is 19.9 Å². The SMILES string of the molecule is C=CCNS(=O)(=O)c1cc(C(=O)C(C)C)ccc1OC. The van der Waals surface area contributed by atoms with Gasteiger partial charge in [-0.3, -0.25) is 4.79 Å². The number of carbonyl (C=O) groups is 1. The summed E-state index contributed by atoms with van der Waals surface area (Å²) in [6, 6.07) is 4.39. The molecule has 0 saturated heterocycles. The molecule has 0 atom stereocenters. The maximum atomic E-state index is 12.2. The van der Waals surface area contributed by atoms with Crippen molar-refractivity contribution in [3.05, 3.63) is 36.4 Å². The molecule has 0 aliphatic carbocycles. The van der Waals surface area contributed by atoms with Crippen LogP contribution in [-0.4, -0.2) is 27.9 Å². The monoisotopic (exact) mass is 297 g/mol. The molecule has 0 aliphatic rings. The average Bonchev–Trinajstić information content (AvgIpc) is 2.43. The summed E-state index contributed by atoms with van der Waals surface area (Å²) in [7, 11) is -2.36. The fourth-order valence-corrected chi connectivity index (χ4v) is 2.81. The number of hydrogen-bond donors (Lipinski definition) is 1. The number of hydrogen-bond acceptors (Lipinski definition) is 4. The lowest BCUT2D eigenvalue weighted by molar-refractivity contribution is 0.0939. The van der Waals surface area contributed by atoms with E-state index in [4.69, 9.17) is 4.74 Å². The molecule has 6 heteroatoms. The van der Waals surface area contributed by atoms with E-state index in [9.17, 15) is 13.2 Å². The van der Waals surface area contributed by atoms with Crippen molar-refractivity contribution in [2.75, 3.05) is 13.7 Å². The van der Waals surface area contributed by atoms with Crippen molar-refractivity contribution in [3.8, 4) is 5.75 Å². The van der Waals surface area contributed by atoms with Gasteiger partial charge in [0, 0.05) is 18.0 Å². The number of nitrogens with one attached hydrogen (secondary N) is 1. The molecule has 110 valence electrons. The highest BCUT2D eigenvalue weighted by atomic mass is 32.2. The van der Waals surface area contributed by atoms with Gasteiger partial charge in [0.2, 0.25) is 10.0 Å². The van der Waals surface area contributed by atoms with E-state index >= 15 is 0 Å². The van der Waals surface area contributed by atoms with E-state index in [0.29, 0.717) is 5.56 Å². The number of rotatable bonds is 7. The average molecular weight is 297 g/mol. The highest BCUT2D eigenvalue weighted by Crippen LogP contribution is 2.25. The minimum absolute atomic E-state index is 0.0478. The second-order valence-corrected chi connectivity index (χ2v) is 6.26. The van der Waals surface area contributed by atoms with E-state index in [2.05, 4.69) is 11.3 Å². The molecule has 0 aromatic heterocycles. The van der Waals surface area contributed by atoms with Crippen LogP contribution in [0.5, 0.6) is 5.75 Å². The van der Waals surface area contributed by atoms with Crippen LogP contribution in [0.25, 0.3) is 0 Å². The Morgan fingerprint density at radius 1 is 1.45 bits per heavy atom. The van der Waals surface area contributed by atoms with Gasteiger partial charge in [-0.2, -0.15) is 0 Å². The molecule has 0 fully saturated rings. The molecule has 5 nitrogen and oxygen atoms in total. The quantitative estimate of drug-likeness (QED) is 0.617. The Morgan fingerprint density at radius 2 is 2.10 bits per heavy atom. The van der Waals surface area contributed by atoms with E-state index in [0.717, 1.165) is 0 Å². The molecular weight excluding hydrogens is 278 g/mol. The molecule has 0 amide bonds. The second kappa shape index (κ2) is 6.67. The third-order valence-electron chi connectivity index (χ3n) is 2.68. The van der Waals surface area contributed by atoms with Gasteiger partial charge in [-0.15, -0.1) is 6.58 Å². The Balaban J connectivity index is 3.32. The summed E-state index contributed by atoms with van der Waals surface area (Å²) in [5.41, 5.74) is 0.347. The van der Waals surface area contributed by atoms with Crippen molar-refractivity contribution in [1.29, 1.82) is 0 Å². The van der Waals surface area contributed by atoms with E-state index in [1.165, 1.54) is 25.3 Å². The van der Waals surface area contributed by atoms with Crippen molar-refractivity contribution in [1.82, 2.24) is 4.72 Å². The summed E-state index contributed by atoms with van der Waals surface area (Å²) >= 11 is 0. The maximum Gasteiger partial charge on any atom is 0.244 e. The summed E-state index contributed by atoms with van der Waals surface area (Å²) in [6.45, 7) is 7.08. The van der Waals surface area contributed by atoms with Crippen LogP contribution >= 0.6 is 0 Å². The summed E-state index contributed by atoms with van der Waals surface area (Å²) in [5, 5.41) is 0. The molecule has 1 N–H and O–H groups in total. The Hall–Kier alpha value is -1.66. The Morgan fingerprint density at radius 3 is 2.60 bits per heavy atom. The van der Waals surface area contributed by atoms with Crippen LogP contribution in [0.4, 0.5) is 0 Å². The van der Waals surface area contributed by atoms with Crippen LogP contribution in [0.2, 0.25) is 0 Å².